The number of unbranched alkanes of at least 4 members (excludes halogenated alkanes) is 24. The highest BCUT2D eigenvalue weighted by Gasteiger charge is 2.19. The van der Waals surface area contributed by atoms with Crippen molar-refractivity contribution >= 4 is 17.9 Å². The molecule has 0 heterocycles. The molecule has 0 unspecified atom stereocenters. The van der Waals surface area contributed by atoms with Crippen molar-refractivity contribution < 1.29 is 28.6 Å². The van der Waals surface area contributed by atoms with E-state index in [1.54, 1.807) is 0 Å². The van der Waals surface area contributed by atoms with E-state index in [4.69, 9.17) is 14.2 Å². The van der Waals surface area contributed by atoms with Gasteiger partial charge in [0.25, 0.3) is 0 Å². The lowest BCUT2D eigenvalue weighted by Gasteiger charge is -2.18. The molecule has 0 aromatic heterocycles. The van der Waals surface area contributed by atoms with Gasteiger partial charge in [-0.25, -0.2) is 0 Å². The van der Waals surface area contributed by atoms with Crippen LogP contribution < -0.4 is 0 Å². The highest BCUT2D eigenvalue weighted by molar-refractivity contribution is 5.71. The molecule has 0 aromatic carbocycles. The molecule has 0 bridgehead atoms. The predicted molar refractivity (Wildman–Crippen MR) is 242 cm³/mol. The van der Waals surface area contributed by atoms with Gasteiger partial charge in [0.15, 0.2) is 6.10 Å². The Labute approximate surface area is 352 Å². The van der Waals surface area contributed by atoms with Gasteiger partial charge in [0.05, 0.1) is 0 Å². The van der Waals surface area contributed by atoms with Gasteiger partial charge in [0, 0.05) is 19.3 Å². The molecule has 330 valence electrons. The van der Waals surface area contributed by atoms with Crippen molar-refractivity contribution in [2.75, 3.05) is 13.2 Å². The van der Waals surface area contributed by atoms with Crippen LogP contribution in [-0.4, -0.2) is 37.2 Å². The average Bonchev–Trinajstić information content (AvgIpc) is 3.21. The summed E-state index contributed by atoms with van der Waals surface area (Å²) in [6.07, 6.45) is 53.7. The smallest absolute Gasteiger partial charge is 0.306 e. The number of ether oxygens (including phenoxy) is 3. The van der Waals surface area contributed by atoms with Gasteiger partial charge in [0.2, 0.25) is 0 Å². The van der Waals surface area contributed by atoms with Crippen LogP contribution in [0.25, 0.3) is 0 Å². The van der Waals surface area contributed by atoms with Gasteiger partial charge < -0.3 is 14.2 Å². The fourth-order valence-electron chi connectivity index (χ4n) is 6.56. The van der Waals surface area contributed by atoms with Gasteiger partial charge in [-0.1, -0.05) is 172 Å². The molecular weight excluding hydrogens is 709 g/mol. The molecule has 0 aliphatic heterocycles. The number of rotatable bonds is 43. The van der Waals surface area contributed by atoms with E-state index in [9.17, 15) is 14.4 Å². The second-order valence-electron chi connectivity index (χ2n) is 16.0. The van der Waals surface area contributed by atoms with E-state index >= 15 is 0 Å². The lowest BCUT2D eigenvalue weighted by molar-refractivity contribution is -0.167. The summed E-state index contributed by atoms with van der Waals surface area (Å²) in [7, 11) is 0. The Hall–Kier alpha value is -2.63. The predicted octanol–water partition coefficient (Wildman–Crippen LogP) is 15.5. The third-order valence-corrected chi connectivity index (χ3v) is 10.3. The van der Waals surface area contributed by atoms with Crippen molar-refractivity contribution in [3.8, 4) is 0 Å². The maximum atomic E-state index is 12.7. The topological polar surface area (TPSA) is 78.9 Å². The fraction of sp³-hybridized carbons (Fsp3) is 0.784. The quantitative estimate of drug-likeness (QED) is 0.0265. The van der Waals surface area contributed by atoms with Crippen molar-refractivity contribution in [1.82, 2.24) is 0 Å². The van der Waals surface area contributed by atoms with Gasteiger partial charge in [0.1, 0.15) is 13.2 Å². The van der Waals surface area contributed by atoms with Crippen LogP contribution in [0, 0.1) is 0 Å². The van der Waals surface area contributed by atoms with Crippen molar-refractivity contribution in [3.05, 3.63) is 48.6 Å². The number of hydrogen-bond acceptors (Lipinski definition) is 6. The molecule has 0 radical (unpaired) electrons. The largest absolute Gasteiger partial charge is 0.462 e. The van der Waals surface area contributed by atoms with Crippen LogP contribution in [0.4, 0.5) is 0 Å². The lowest BCUT2D eigenvalue weighted by Crippen LogP contribution is -2.30. The monoisotopic (exact) mass is 799 g/mol. The molecule has 0 aliphatic rings. The minimum atomic E-state index is -0.784. The summed E-state index contributed by atoms with van der Waals surface area (Å²) in [5.74, 6) is -0.916. The molecule has 0 rings (SSSR count). The van der Waals surface area contributed by atoms with E-state index < -0.39 is 6.10 Å². The molecular formula is C51H90O6. The molecule has 1 atom stereocenters. The standard InChI is InChI=1S/C51H90O6/c1-4-7-10-13-16-19-22-24-25-27-30-33-36-39-42-45-51(54)57-48(46-55-49(52)43-40-37-34-31-28-21-18-15-12-9-6-3)47-56-50(53)44-41-38-35-32-29-26-23-20-17-14-11-8-5-2/h15-16,18-20,23-25,48H,4-14,17,21-22,26-47H2,1-3H3/b18-15-,19-16-,23-20-,25-24-/t48-/m0/s1. The zero-order valence-electron chi connectivity index (χ0n) is 37.6. The first-order chi connectivity index (χ1) is 28.0. The van der Waals surface area contributed by atoms with Crippen LogP contribution >= 0.6 is 0 Å². The summed E-state index contributed by atoms with van der Waals surface area (Å²) in [6, 6.07) is 0. The molecule has 0 aromatic rings. The molecule has 57 heavy (non-hydrogen) atoms. The first-order valence-electron chi connectivity index (χ1n) is 24.1. The fourth-order valence-corrected chi connectivity index (χ4v) is 6.56. The van der Waals surface area contributed by atoms with Gasteiger partial charge in [-0.15, -0.1) is 0 Å². The van der Waals surface area contributed by atoms with Crippen LogP contribution in [0.5, 0.6) is 0 Å². The molecule has 0 fully saturated rings. The van der Waals surface area contributed by atoms with Gasteiger partial charge in [-0.2, -0.15) is 0 Å². The molecule has 6 nitrogen and oxygen atoms in total. The van der Waals surface area contributed by atoms with E-state index in [1.165, 1.54) is 103 Å². The maximum Gasteiger partial charge on any atom is 0.306 e. The SMILES string of the molecule is CCCC/C=C\CCCCCCCC(=O)OC[C@@H](COC(=O)CCCCCCC/C=C\CCCCCC)OC(=O)CCCCCCC/C=C\C/C=C\CCCCC. The number of esters is 3. The molecule has 0 aliphatic carbocycles. The van der Waals surface area contributed by atoms with Crippen molar-refractivity contribution in [3.63, 3.8) is 0 Å². The second kappa shape index (κ2) is 46.1. The second-order valence-corrected chi connectivity index (χ2v) is 16.0. The maximum absolute atomic E-state index is 12.7. The lowest BCUT2D eigenvalue weighted by atomic mass is 10.1. The number of hydrogen-bond donors (Lipinski definition) is 0. The summed E-state index contributed by atoms with van der Waals surface area (Å²) < 4.78 is 16.7. The Morgan fingerprint density at radius 3 is 1.07 bits per heavy atom. The highest BCUT2D eigenvalue weighted by Crippen LogP contribution is 2.13. The molecule has 0 N–H and O–H groups in total. The van der Waals surface area contributed by atoms with Gasteiger partial charge in [-0.05, 0) is 96.3 Å². The normalized spacial score (nSPS) is 12.4. The Balaban J connectivity index is 4.42. The Bertz CT molecular complexity index is 1010. The summed E-state index contributed by atoms with van der Waals surface area (Å²) in [5, 5.41) is 0. The highest BCUT2D eigenvalue weighted by atomic mass is 16.6. The Kier molecular flexibility index (Phi) is 43.9. The Morgan fingerprint density at radius 2 is 0.649 bits per heavy atom. The summed E-state index contributed by atoms with van der Waals surface area (Å²) in [6.45, 7) is 6.53. The van der Waals surface area contributed by atoms with Crippen LogP contribution in [0.15, 0.2) is 48.6 Å². The Morgan fingerprint density at radius 1 is 0.351 bits per heavy atom. The van der Waals surface area contributed by atoms with E-state index in [0.29, 0.717) is 19.3 Å². The van der Waals surface area contributed by atoms with Gasteiger partial charge in [-0.3, -0.25) is 14.4 Å². The van der Waals surface area contributed by atoms with Gasteiger partial charge >= 0.3 is 17.9 Å². The van der Waals surface area contributed by atoms with Crippen molar-refractivity contribution in [2.24, 2.45) is 0 Å². The third-order valence-electron chi connectivity index (χ3n) is 10.3. The minimum Gasteiger partial charge on any atom is -0.462 e. The first kappa shape index (κ1) is 54.4. The summed E-state index contributed by atoms with van der Waals surface area (Å²) in [4.78, 5) is 37.8. The van der Waals surface area contributed by atoms with E-state index in [1.807, 2.05) is 0 Å². The molecule has 0 spiro atoms. The van der Waals surface area contributed by atoms with E-state index in [2.05, 4.69) is 69.4 Å². The minimum absolute atomic E-state index is 0.0856. The molecule has 0 saturated carbocycles. The average molecular weight is 799 g/mol. The number of carbonyl (C=O) groups is 3. The zero-order chi connectivity index (χ0) is 41.5. The van der Waals surface area contributed by atoms with Crippen LogP contribution in [-0.2, 0) is 28.6 Å². The summed E-state index contributed by atoms with van der Waals surface area (Å²) >= 11 is 0. The summed E-state index contributed by atoms with van der Waals surface area (Å²) in [5.41, 5.74) is 0. The van der Waals surface area contributed by atoms with E-state index in [0.717, 1.165) is 96.3 Å². The van der Waals surface area contributed by atoms with Crippen molar-refractivity contribution in [2.45, 2.75) is 245 Å². The van der Waals surface area contributed by atoms with E-state index in [-0.39, 0.29) is 31.1 Å². The third kappa shape index (κ3) is 44.3. The number of carbonyl (C=O) groups excluding carboxylic acids is 3. The first-order valence-corrected chi connectivity index (χ1v) is 24.1. The van der Waals surface area contributed by atoms with Crippen LogP contribution in [0.3, 0.4) is 0 Å². The van der Waals surface area contributed by atoms with Crippen molar-refractivity contribution in [1.29, 1.82) is 0 Å². The molecule has 0 amide bonds. The number of allylic oxidation sites excluding steroid dienone is 8. The van der Waals surface area contributed by atoms with Crippen LogP contribution in [0.2, 0.25) is 0 Å². The zero-order valence-corrected chi connectivity index (χ0v) is 37.6. The molecule has 6 heteroatoms. The van der Waals surface area contributed by atoms with Crippen LogP contribution in [0.1, 0.15) is 239 Å². The molecule has 0 saturated heterocycles.